The van der Waals surface area contributed by atoms with E-state index in [1.165, 1.54) is 28.7 Å². The molecule has 2 aromatic carbocycles. The van der Waals surface area contributed by atoms with E-state index in [-0.39, 0.29) is 11.7 Å². The van der Waals surface area contributed by atoms with Gasteiger partial charge in [-0.2, -0.15) is 0 Å². The number of aromatic nitrogens is 1. The van der Waals surface area contributed by atoms with Crippen molar-refractivity contribution in [2.45, 2.75) is 11.3 Å². The molecule has 3 rings (SSSR count). The monoisotopic (exact) mass is 408 g/mol. The van der Waals surface area contributed by atoms with Crippen molar-refractivity contribution in [1.82, 2.24) is 4.98 Å². The molecule has 1 aromatic heterocycles. The van der Waals surface area contributed by atoms with E-state index >= 15 is 0 Å². The molecule has 0 bridgehead atoms. The molecule has 1 heterocycles. The van der Waals surface area contributed by atoms with Gasteiger partial charge in [0.25, 0.3) is 0 Å². The van der Waals surface area contributed by atoms with Gasteiger partial charge >= 0.3 is 0 Å². The number of hydrogen-bond acceptors (Lipinski definition) is 4. The number of aryl methyl sites for hydroxylation is 1. The summed E-state index contributed by atoms with van der Waals surface area (Å²) in [5.74, 6) is 0.140. The van der Waals surface area contributed by atoms with Crippen molar-refractivity contribution >= 4 is 57.9 Å². The summed E-state index contributed by atoms with van der Waals surface area (Å²) in [7, 11) is 0. The molecule has 0 aliphatic heterocycles. The minimum absolute atomic E-state index is 0.129. The van der Waals surface area contributed by atoms with E-state index in [1.54, 1.807) is 18.2 Å². The molecule has 0 radical (unpaired) electrons. The third-order valence-electron chi connectivity index (χ3n) is 3.30. The second-order valence-corrected chi connectivity index (χ2v) is 8.31. The van der Waals surface area contributed by atoms with Crippen LogP contribution in [0.4, 0.5) is 5.69 Å². The van der Waals surface area contributed by atoms with Crippen LogP contribution in [-0.2, 0) is 4.79 Å². The number of thioether (sulfide) groups is 1. The van der Waals surface area contributed by atoms with E-state index in [4.69, 9.17) is 23.2 Å². The summed E-state index contributed by atoms with van der Waals surface area (Å²) in [5.41, 5.74) is 3.80. The minimum atomic E-state index is -0.129. The number of carbonyl (C=O) groups is 1. The first-order chi connectivity index (χ1) is 12.0. The lowest BCUT2D eigenvalue weighted by molar-refractivity contribution is -0.113. The SMILES string of the molecule is Cc1ccc(-c2csc(SCC(=O)Nc3cc(Cl)cc(Cl)c3)n2)cc1. The van der Waals surface area contributed by atoms with Crippen LogP contribution in [-0.4, -0.2) is 16.6 Å². The van der Waals surface area contributed by atoms with Gasteiger partial charge < -0.3 is 5.32 Å². The van der Waals surface area contributed by atoms with E-state index in [1.807, 2.05) is 5.38 Å². The van der Waals surface area contributed by atoms with Gasteiger partial charge in [-0.05, 0) is 25.1 Å². The first-order valence-corrected chi connectivity index (χ1v) is 10.0. The number of hydrogen-bond donors (Lipinski definition) is 1. The molecule has 3 aromatic rings. The molecular weight excluding hydrogens is 395 g/mol. The van der Waals surface area contributed by atoms with Crippen molar-refractivity contribution in [2.75, 3.05) is 11.1 Å². The Balaban J connectivity index is 1.58. The standard InChI is InChI=1S/C18H14Cl2N2OS2/c1-11-2-4-12(5-3-11)16-9-24-18(22-16)25-10-17(23)21-15-7-13(19)6-14(20)8-15/h2-9H,10H2,1H3,(H,21,23). The Morgan fingerprint density at radius 2 is 1.84 bits per heavy atom. The molecule has 25 heavy (non-hydrogen) atoms. The Hall–Kier alpha value is -1.53. The highest BCUT2D eigenvalue weighted by atomic mass is 35.5. The average molecular weight is 409 g/mol. The average Bonchev–Trinajstić information content (AvgIpc) is 3.01. The van der Waals surface area contributed by atoms with Gasteiger partial charge in [-0.25, -0.2) is 4.98 Å². The first kappa shape index (κ1) is 18.3. The highest BCUT2D eigenvalue weighted by Crippen LogP contribution is 2.29. The Bertz CT molecular complexity index is 874. The highest BCUT2D eigenvalue weighted by molar-refractivity contribution is 8.01. The van der Waals surface area contributed by atoms with Crippen LogP contribution in [0.1, 0.15) is 5.56 Å². The number of amides is 1. The van der Waals surface area contributed by atoms with Gasteiger partial charge in [0.1, 0.15) is 0 Å². The zero-order valence-corrected chi connectivity index (χ0v) is 16.4. The predicted molar refractivity (Wildman–Crippen MR) is 108 cm³/mol. The molecule has 0 atom stereocenters. The molecule has 0 saturated carbocycles. The van der Waals surface area contributed by atoms with Crippen molar-refractivity contribution in [2.24, 2.45) is 0 Å². The van der Waals surface area contributed by atoms with E-state index in [0.717, 1.165) is 15.6 Å². The van der Waals surface area contributed by atoms with Crippen LogP contribution in [0.15, 0.2) is 52.2 Å². The third-order valence-corrected chi connectivity index (χ3v) is 5.76. The lowest BCUT2D eigenvalue weighted by Crippen LogP contribution is -2.13. The normalized spacial score (nSPS) is 10.7. The Morgan fingerprint density at radius 3 is 2.52 bits per heavy atom. The second-order valence-electron chi connectivity index (χ2n) is 5.36. The summed E-state index contributed by atoms with van der Waals surface area (Å²) >= 11 is 14.8. The molecular formula is C18H14Cl2N2OS2. The Kier molecular flexibility index (Phi) is 6.02. The molecule has 1 N–H and O–H groups in total. The Labute approximate surface area is 164 Å². The summed E-state index contributed by atoms with van der Waals surface area (Å²) in [6.07, 6.45) is 0. The summed E-state index contributed by atoms with van der Waals surface area (Å²) < 4.78 is 0.856. The van der Waals surface area contributed by atoms with Crippen molar-refractivity contribution in [3.63, 3.8) is 0 Å². The maximum Gasteiger partial charge on any atom is 0.234 e. The van der Waals surface area contributed by atoms with Crippen LogP contribution in [0, 0.1) is 6.92 Å². The quantitative estimate of drug-likeness (QED) is 0.514. The molecule has 0 fully saturated rings. The van der Waals surface area contributed by atoms with Crippen LogP contribution >= 0.6 is 46.3 Å². The molecule has 0 aliphatic rings. The maximum atomic E-state index is 12.1. The fourth-order valence-electron chi connectivity index (χ4n) is 2.13. The number of benzene rings is 2. The first-order valence-electron chi connectivity index (χ1n) is 7.41. The fraction of sp³-hybridized carbons (Fsp3) is 0.111. The predicted octanol–water partition coefficient (Wildman–Crippen LogP) is 6.16. The highest BCUT2D eigenvalue weighted by Gasteiger charge is 2.09. The number of halogens is 2. The summed E-state index contributed by atoms with van der Waals surface area (Å²) in [6.45, 7) is 2.05. The van der Waals surface area contributed by atoms with Crippen molar-refractivity contribution in [3.05, 3.63) is 63.5 Å². The van der Waals surface area contributed by atoms with Gasteiger partial charge in [0.05, 0.1) is 11.4 Å². The number of rotatable bonds is 5. The van der Waals surface area contributed by atoms with E-state index in [0.29, 0.717) is 15.7 Å². The second kappa shape index (κ2) is 8.23. The number of carbonyl (C=O) groups excluding carboxylic acids is 1. The van der Waals surface area contributed by atoms with Crippen LogP contribution in [0.5, 0.6) is 0 Å². The largest absolute Gasteiger partial charge is 0.325 e. The summed E-state index contributed by atoms with van der Waals surface area (Å²) in [4.78, 5) is 16.7. The van der Waals surface area contributed by atoms with E-state index in [9.17, 15) is 4.79 Å². The lowest BCUT2D eigenvalue weighted by Gasteiger charge is -2.05. The zero-order valence-electron chi connectivity index (χ0n) is 13.3. The molecule has 0 aliphatic carbocycles. The van der Waals surface area contributed by atoms with Gasteiger partial charge in [0.15, 0.2) is 4.34 Å². The zero-order chi connectivity index (χ0) is 17.8. The van der Waals surface area contributed by atoms with Gasteiger partial charge in [0, 0.05) is 26.7 Å². The molecule has 128 valence electrons. The molecule has 1 amide bonds. The van der Waals surface area contributed by atoms with Crippen LogP contribution in [0.25, 0.3) is 11.3 Å². The lowest BCUT2D eigenvalue weighted by atomic mass is 10.1. The van der Waals surface area contributed by atoms with Crippen LogP contribution in [0.2, 0.25) is 10.0 Å². The number of nitrogens with zero attached hydrogens (tertiary/aromatic N) is 1. The Morgan fingerprint density at radius 1 is 1.16 bits per heavy atom. The van der Waals surface area contributed by atoms with Crippen molar-refractivity contribution in [1.29, 1.82) is 0 Å². The van der Waals surface area contributed by atoms with Crippen molar-refractivity contribution < 1.29 is 4.79 Å². The molecule has 0 unspecified atom stereocenters. The molecule has 3 nitrogen and oxygen atoms in total. The van der Waals surface area contributed by atoms with Gasteiger partial charge in [-0.1, -0.05) is 64.8 Å². The number of thiazole rings is 1. The summed E-state index contributed by atoms with van der Waals surface area (Å²) in [5, 5.41) is 5.76. The topological polar surface area (TPSA) is 42.0 Å². The van der Waals surface area contributed by atoms with Gasteiger partial charge in [-0.15, -0.1) is 11.3 Å². The maximum absolute atomic E-state index is 12.1. The molecule has 0 saturated heterocycles. The minimum Gasteiger partial charge on any atom is -0.325 e. The number of anilines is 1. The van der Waals surface area contributed by atoms with Crippen LogP contribution in [0.3, 0.4) is 0 Å². The molecule has 7 heteroatoms. The number of nitrogens with one attached hydrogen (secondary N) is 1. The van der Waals surface area contributed by atoms with E-state index < -0.39 is 0 Å². The van der Waals surface area contributed by atoms with Crippen molar-refractivity contribution in [3.8, 4) is 11.3 Å². The van der Waals surface area contributed by atoms with Crippen LogP contribution < -0.4 is 5.32 Å². The molecule has 0 spiro atoms. The van der Waals surface area contributed by atoms with E-state index in [2.05, 4.69) is 41.5 Å². The summed E-state index contributed by atoms with van der Waals surface area (Å²) in [6, 6.07) is 13.2. The smallest absolute Gasteiger partial charge is 0.234 e. The fourth-order valence-corrected chi connectivity index (χ4v) is 4.29. The third kappa shape index (κ3) is 5.22. The van der Waals surface area contributed by atoms with Gasteiger partial charge in [0.2, 0.25) is 5.91 Å². The van der Waals surface area contributed by atoms with Gasteiger partial charge in [-0.3, -0.25) is 4.79 Å².